The van der Waals surface area contributed by atoms with Gasteiger partial charge in [-0.05, 0) is 26.1 Å². The highest BCUT2D eigenvalue weighted by atomic mass is 16.3. The SMILES string of the molecule is CNCc1c(C)nc(-c2ccco2)[nH]c1=O. The minimum absolute atomic E-state index is 0.131. The van der Waals surface area contributed by atoms with Crippen molar-refractivity contribution in [1.82, 2.24) is 15.3 Å². The molecule has 0 bridgehead atoms. The van der Waals surface area contributed by atoms with E-state index < -0.39 is 0 Å². The molecule has 0 aliphatic heterocycles. The summed E-state index contributed by atoms with van der Waals surface area (Å²) >= 11 is 0. The Bertz CT molecular complexity index is 529. The first kappa shape index (κ1) is 10.6. The Labute approximate surface area is 92.5 Å². The number of furan rings is 1. The van der Waals surface area contributed by atoms with Gasteiger partial charge in [0.1, 0.15) is 0 Å². The fraction of sp³-hybridized carbons (Fsp3) is 0.273. The number of rotatable bonds is 3. The van der Waals surface area contributed by atoms with Gasteiger partial charge in [-0.1, -0.05) is 0 Å². The van der Waals surface area contributed by atoms with Crippen LogP contribution in [0.25, 0.3) is 11.6 Å². The highest BCUT2D eigenvalue weighted by Crippen LogP contribution is 2.14. The van der Waals surface area contributed by atoms with Crippen molar-refractivity contribution in [3.8, 4) is 11.6 Å². The highest BCUT2D eigenvalue weighted by Gasteiger charge is 2.09. The van der Waals surface area contributed by atoms with Gasteiger partial charge in [0, 0.05) is 12.2 Å². The van der Waals surface area contributed by atoms with Gasteiger partial charge in [-0.3, -0.25) is 4.79 Å². The van der Waals surface area contributed by atoms with Crippen molar-refractivity contribution >= 4 is 0 Å². The summed E-state index contributed by atoms with van der Waals surface area (Å²) in [7, 11) is 1.79. The molecule has 2 rings (SSSR count). The lowest BCUT2D eigenvalue weighted by molar-refractivity contribution is 0.576. The van der Waals surface area contributed by atoms with Crippen LogP contribution in [0.1, 0.15) is 11.3 Å². The van der Waals surface area contributed by atoms with Crippen molar-refractivity contribution in [3.05, 3.63) is 40.0 Å². The lowest BCUT2D eigenvalue weighted by atomic mass is 10.2. The molecule has 0 unspecified atom stereocenters. The third kappa shape index (κ3) is 1.90. The maximum atomic E-state index is 11.8. The monoisotopic (exact) mass is 219 g/mol. The van der Waals surface area contributed by atoms with Gasteiger partial charge in [0.15, 0.2) is 11.6 Å². The zero-order chi connectivity index (χ0) is 11.5. The molecule has 0 fully saturated rings. The molecule has 2 heterocycles. The van der Waals surface area contributed by atoms with Crippen molar-refractivity contribution in [1.29, 1.82) is 0 Å². The smallest absolute Gasteiger partial charge is 0.255 e. The zero-order valence-corrected chi connectivity index (χ0v) is 9.20. The summed E-state index contributed by atoms with van der Waals surface area (Å²) in [4.78, 5) is 18.8. The Kier molecular flexibility index (Phi) is 2.87. The summed E-state index contributed by atoms with van der Waals surface area (Å²) < 4.78 is 5.18. The van der Waals surface area contributed by atoms with Crippen LogP contribution in [-0.2, 0) is 6.54 Å². The maximum absolute atomic E-state index is 11.8. The van der Waals surface area contributed by atoms with Crippen LogP contribution in [0.4, 0.5) is 0 Å². The molecule has 84 valence electrons. The number of aromatic amines is 1. The lowest BCUT2D eigenvalue weighted by Crippen LogP contribution is -2.21. The molecule has 2 N–H and O–H groups in total. The van der Waals surface area contributed by atoms with Gasteiger partial charge in [-0.2, -0.15) is 0 Å². The summed E-state index contributed by atoms with van der Waals surface area (Å²) in [6.45, 7) is 2.32. The molecule has 5 nitrogen and oxygen atoms in total. The maximum Gasteiger partial charge on any atom is 0.255 e. The quantitative estimate of drug-likeness (QED) is 0.809. The second kappa shape index (κ2) is 4.32. The van der Waals surface area contributed by atoms with Crippen LogP contribution in [0, 0.1) is 6.92 Å². The number of aryl methyl sites for hydroxylation is 1. The van der Waals surface area contributed by atoms with E-state index in [1.165, 1.54) is 0 Å². The van der Waals surface area contributed by atoms with Gasteiger partial charge >= 0.3 is 0 Å². The van der Waals surface area contributed by atoms with E-state index in [1.54, 1.807) is 25.4 Å². The average molecular weight is 219 g/mol. The molecule has 0 spiro atoms. The topological polar surface area (TPSA) is 70.9 Å². The molecule has 0 radical (unpaired) electrons. The van der Waals surface area contributed by atoms with E-state index in [0.29, 0.717) is 29.4 Å². The fourth-order valence-electron chi connectivity index (χ4n) is 1.53. The molecule has 0 aliphatic rings. The summed E-state index contributed by atoms with van der Waals surface area (Å²) in [5, 5.41) is 2.94. The number of nitrogens with one attached hydrogen (secondary N) is 2. The molecule has 2 aromatic heterocycles. The lowest BCUT2D eigenvalue weighted by Gasteiger charge is -2.04. The van der Waals surface area contributed by atoms with Gasteiger partial charge < -0.3 is 14.7 Å². The van der Waals surface area contributed by atoms with Crippen LogP contribution in [0.5, 0.6) is 0 Å². The summed E-state index contributed by atoms with van der Waals surface area (Å²) in [5.41, 5.74) is 1.23. The third-order valence-corrected chi connectivity index (χ3v) is 2.33. The average Bonchev–Trinajstić information content (AvgIpc) is 2.76. The van der Waals surface area contributed by atoms with Crippen LogP contribution >= 0.6 is 0 Å². The van der Waals surface area contributed by atoms with Crippen LogP contribution in [-0.4, -0.2) is 17.0 Å². The standard InChI is InChI=1S/C11H13N3O2/c1-7-8(6-12-2)11(15)14-10(13-7)9-4-3-5-16-9/h3-5,12H,6H2,1-2H3,(H,13,14,15). The van der Waals surface area contributed by atoms with E-state index in [1.807, 2.05) is 6.92 Å². The largest absolute Gasteiger partial charge is 0.461 e. The molecule has 5 heteroatoms. The number of H-pyrrole nitrogens is 1. The molecule has 2 aromatic rings. The predicted octanol–water partition coefficient (Wildman–Crippen LogP) is 1.06. The van der Waals surface area contributed by atoms with Gasteiger partial charge in [0.2, 0.25) is 0 Å². The van der Waals surface area contributed by atoms with Crippen molar-refractivity contribution in [2.45, 2.75) is 13.5 Å². The van der Waals surface area contributed by atoms with Crippen molar-refractivity contribution in [3.63, 3.8) is 0 Å². The molecule has 0 atom stereocenters. The van der Waals surface area contributed by atoms with Gasteiger partial charge in [0.05, 0.1) is 11.8 Å². The Morgan fingerprint density at radius 2 is 2.38 bits per heavy atom. The van der Waals surface area contributed by atoms with E-state index in [0.717, 1.165) is 0 Å². The highest BCUT2D eigenvalue weighted by molar-refractivity contribution is 5.46. The second-order valence-corrected chi connectivity index (χ2v) is 3.49. The first-order valence-corrected chi connectivity index (χ1v) is 5.00. The van der Waals surface area contributed by atoms with E-state index in [2.05, 4.69) is 15.3 Å². The molecular formula is C11H13N3O2. The molecule has 0 saturated heterocycles. The number of hydrogen-bond donors (Lipinski definition) is 2. The molecular weight excluding hydrogens is 206 g/mol. The third-order valence-electron chi connectivity index (χ3n) is 2.33. The Morgan fingerprint density at radius 3 is 2.94 bits per heavy atom. The molecule has 0 aliphatic carbocycles. The minimum atomic E-state index is -0.131. The van der Waals surface area contributed by atoms with E-state index in [4.69, 9.17) is 4.42 Å². The first-order valence-electron chi connectivity index (χ1n) is 5.00. The second-order valence-electron chi connectivity index (χ2n) is 3.49. The minimum Gasteiger partial charge on any atom is -0.461 e. The van der Waals surface area contributed by atoms with Gasteiger partial charge in [-0.15, -0.1) is 0 Å². The van der Waals surface area contributed by atoms with E-state index >= 15 is 0 Å². The van der Waals surface area contributed by atoms with Crippen LogP contribution < -0.4 is 10.9 Å². The molecule has 0 saturated carbocycles. The normalized spacial score (nSPS) is 10.6. The zero-order valence-electron chi connectivity index (χ0n) is 9.20. The van der Waals surface area contributed by atoms with E-state index in [-0.39, 0.29) is 5.56 Å². The molecule has 0 aromatic carbocycles. The van der Waals surface area contributed by atoms with Gasteiger partial charge in [0.25, 0.3) is 5.56 Å². The Hall–Kier alpha value is -1.88. The number of aromatic nitrogens is 2. The Morgan fingerprint density at radius 1 is 1.56 bits per heavy atom. The van der Waals surface area contributed by atoms with E-state index in [9.17, 15) is 4.79 Å². The van der Waals surface area contributed by atoms with Crippen molar-refractivity contribution in [2.75, 3.05) is 7.05 Å². The van der Waals surface area contributed by atoms with Crippen molar-refractivity contribution in [2.24, 2.45) is 0 Å². The first-order chi connectivity index (χ1) is 7.72. The number of hydrogen-bond acceptors (Lipinski definition) is 4. The van der Waals surface area contributed by atoms with Gasteiger partial charge in [-0.25, -0.2) is 4.98 Å². The molecule has 0 amide bonds. The summed E-state index contributed by atoms with van der Waals surface area (Å²) in [6, 6.07) is 3.52. The fourth-order valence-corrected chi connectivity index (χ4v) is 1.53. The van der Waals surface area contributed by atoms with Crippen LogP contribution in [0.15, 0.2) is 27.6 Å². The molecule has 16 heavy (non-hydrogen) atoms. The van der Waals surface area contributed by atoms with Crippen LogP contribution in [0.3, 0.4) is 0 Å². The predicted molar refractivity (Wildman–Crippen MR) is 60.1 cm³/mol. The van der Waals surface area contributed by atoms with Crippen molar-refractivity contribution < 1.29 is 4.42 Å². The summed E-state index contributed by atoms with van der Waals surface area (Å²) in [6.07, 6.45) is 1.55. The number of nitrogens with zero attached hydrogens (tertiary/aromatic N) is 1. The Balaban J connectivity index is 2.49. The van der Waals surface area contributed by atoms with Crippen LogP contribution in [0.2, 0.25) is 0 Å². The summed E-state index contributed by atoms with van der Waals surface area (Å²) in [5.74, 6) is 1.03.